The fraction of sp³-hybridized carbons (Fsp3) is 0.476. The van der Waals surface area contributed by atoms with Crippen LogP contribution >= 0.6 is 11.8 Å². The summed E-state index contributed by atoms with van der Waals surface area (Å²) in [7, 11) is 1.52. The highest BCUT2D eigenvalue weighted by Gasteiger charge is 2.54. The van der Waals surface area contributed by atoms with E-state index in [2.05, 4.69) is 0 Å². The standard InChI is InChI=1S/C42H50O14S/c1-26(43)48-24-33-36(52-27(2)44)38(53-28(3)45)40(54-29(4)46)42(56-33)57-25-34-35(49-21-30-15-9-6-10-16-30)37(50-22-31-17-11-7-12-18-31)39(41(47-5)55-34)51-23-32-19-13-8-14-20-32/h6-20,33-42H,21-25H2,1-5H3/t33-,34-,35-,36-,37+,38+,39-,40-,41+,42-/m1/s1. The summed E-state index contributed by atoms with van der Waals surface area (Å²) in [6, 6.07) is 29.1. The minimum atomic E-state index is -1.32. The van der Waals surface area contributed by atoms with Gasteiger partial charge in [-0.25, -0.2) is 0 Å². The van der Waals surface area contributed by atoms with Crippen LogP contribution in [-0.4, -0.2) is 104 Å². The molecule has 3 aromatic carbocycles. The highest BCUT2D eigenvalue weighted by Crippen LogP contribution is 2.38. The normalized spacial score (nSPS) is 27.2. The predicted octanol–water partition coefficient (Wildman–Crippen LogP) is 4.93. The van der Waals surface area contributed by atoms with Gasteiger partial charge in [-0.05, 0) is 16.7 Å². The molecular formula is C42H50O14S. The van der Waals surface area contributed by atoms with E-state index in [-0.39, 0.29) is 32.2 Å². The second-order valence-electron chi connectivity index (χ2n) is 13.5. The molecule has 14 nitrogen and oxygen atoms in total. The number of thioether (sulfide) groups is 1. The fourth-order valence-corrected chi connectivity index (χ4v) is 7.85. The third kappa shape index (κ3) is 13.1. The molecule has 0 spiro atoms. The smallest absolute Gasteiger partial charge is 0.303 e. The van der Waals surface area contributed by atoms with Crippen molar-refractivity contribution in [3.63, 3.8) is 0 Å². The molecule has 308 valence electrons. The molecule has 0 aliphatic carbocycles. The number of carbonyl (C=O) groups is 4. The minimum absolute atomic E-state index is 0.143. The summed E-state index contributed by atoms with van der Waals surface area (Å²) in [5, 5.41) is 0. The van der Waals surface area contributed by atoms with Gasteiger partial charge in [-0.15, -0.1) is 11.8 Å². The molecule has 5 rings (SSSR count). The van der Waals surface area contributed by atoms with Crippen LogP contribution in [0, 0.1) is 0 Å². The van der Waals surface area contributed by atoms with Crippen LogP contribution in [0.5, 0.6) is 0 Å². The topological polar surface area (TPSA) is 161 Å². The van der Waals surface area contributed by atoms with Crippen molar-refractivity contribution < 1.29 is 66.5 Å². The number of ether oxygens (including phenoxy) is 10. The van der Waals surface area contributed by atoms with Crippen molar-refractivity contribution in [2.75, 3.05) is 19.5 Å². The van der Waals surface area contributed by atoms with Crippen molar-refractivity contribution in [3.8, 4) is 0 Å². The first-order valence-electron chi connectivity index (χ1n) is 18.6. The van der Waals surface area contributed by atoms with E-state index in [0.717, 1.165) is 16.7 Å². The molecule has 3 aromatic rings. The first-order valence-corrected chi connectivity index (χ1v) is 19.6. The fourth-order valence-electron chi connectivity index (χ4n) is 6.58. The highest BCUT2D eigenvalue weighted by molar-refractivity contribution is 7.99. The molecule has 0 unspecified atom stereocenters. The van der Waals surface area contributed by atoms with Crippen molar-refractivity contribution in [2.45, 2.75) is 108 Å². The van der Waals surface area contributed by atoms with E-state index in [1.807, 2.05) is 91.0 Å². The number of rotatable bonds is 18. The average Bonchev–Trinajstić information content (AvgIpc) is 3.19. The van der Waals surface area contributed by atoms with Crippen LogP contribution in [0.25, 0.3) is 0 Å². The molecule has 2 aliphatic heterocycles. The Kier molecular flexibility index (Phi) is 16.9. The Bertz CT molecular complexity index is 1710. The zero-order valence-electron chi connectivity index (χ0n) is 32.6. The maximum absolute atomic E-state index is 12.5. The second-order valence-corrected chi connectivity index (χ2v) is 14.6. The Morgan fingerprint density at radius 1 is 0.526 bits per heavy atom. The van der Waals surface area contributed by atoms with E-state index in [1.54, 1.807) is 0 Å². The van der Waals surface area contributed by atoms with Gasteiger partial charge in [0.05, 0.1) is 25.9 Å². The highest BCUT2D eigenvalue weighted by atomic mass is 32.2. The molecule has 0 radical (unpaired) electrons. The average molecular weight is 811 g/mol. The zero-order valence-corrected chi connectivity index (χ0v) is 33.4. The van der Waals surface area contributed by atoms with Gasteiger partial charge in [0.2, 0.25) is 0 Å². The van der Waals surface area contributed by atoms with E-state index in [0.29, 0.717) is 0 Å². The monoisotopic (exact) mass is 810 g/mol. The Labute approximate surface area is 336 Å². The molecule has 2 fully saturated rings. The SMILES string of the molecule is CO[C@H]1O[C@H](CS[C@H]2O[C@H](COC(C)=O)[C@@H](OC(C)=O)[C@H](OC(C)=O)[C@H]2OC(C)=O)[C@@H](OCc2ccccc2)[C@H](OCc2ccccc2)[C@H]1OCc1ccccc1. The van der Waals surface area contributed by atoms with Crippen molar-refractivity contribution in [1.29, 1.82) is 0 Å². The summed E-state index contributed by atoms with van der Waals surface area (Å²) >= 11 is 1.18. The number of hydrogen-bond acceptors (Lipinski definition) is 15. The van der Waals surface area contributed by atoms with Crippen LogP contribution in [0.1, 0.15) is 44.4 Å². The van der Waals surface area contributed by atoms with Gasteiger partial charge in [-0.3, -0.25) is 19.2 Å². The van der Waals surface area contributed by atoms with Gasteiger partial charge in [0.25, 0.3) is 0 Å². The van der Waals surface area contributed by atoms with Crippen molar-refractivity contribution in [2.24, 2.45) is 0 Å². The molecule has 0 amide bonds. The van der Waals surface area contributed by atoms with Crippen LogP contribution in [0.15, 0.2) is 91.0 Å². The summed E-state index contributed by atoms with van der Waals surface area (Å²) < 4.78 is 61.1. The van der Waals surface area contributed by atoms with E-state index in [1.165, 1.54) is 46.6 Å². The maximum Gasteiger partial charge on any atom is 0.303 e. The molecule has 2 saturated heterocycles. The summed E-state index contributed by atoms with van der Waals surface area (Å²) in [5.74, 6) is -2.60. The van der Waals surface area contributed by atoms with Gasteiger partial charge in [0.15, 0.2) is 24.6 Å². The summed E-state index contributed by atoms with van der Waals surface area (Å²) in [4.78, 5) is 49.1. The summed E-state index contributed by atoms with van der Waals surface area (Å²) in [6.07, 6.45) is -8.83. The van der Waals surface area contributed by atoms with Gasteiger partial charge in [-0.1, -0.05) is 91.0 Å². The molecule has 0 aromatic heterocycles. The molecule has 2 aliphatic rings. The third-order valence-electron chi connectivity index (χ3n) is 9.05. The largest absolute Gasteiger partial charge is 0.463 e. The van der Waals surface area contributed by atoms with Gasteiger partial charge >= 0.3 is 23.9 Å². The van der Waals surface area contributed by atoms with E-state index < -0.39 is 84.4 Å². The molecule has 2 heterocycles. The molecule has 10 atom stereocenters. The number of carbonyl (C=O) groups excluding carboxylic acids is 4. The summed E-state index contributed by atoms with van der Waals surface area (Å²) in [5.41, 5.74) is 1.75. The molecule has 15 heteroatoms. The number of hydrogen-bond donors (Lipinski definition) is 0. The minimum Gasteiger partial charge on any atom is -0.463 e. The molecule has 0 N–H and O–H groups in total. The van der Waals surface area contributed by atoms with Crippen molar-refractivity contribution in [3.05, 3.63) is 108 Å². The van der Waals surface area contributed by atoms with Crippen molar-refractivity contribution in [1.82, 2.24) is 0 Å². The van der Waals surface area contributed by atoms with E-state index in [4.69, 9.17) is 47.4 Å². The Morgan fingerprint density at radius 3 is 1.46 bits per heavy atom. The van der Waals surface area contributed by atoms with Gasteiger partial charge < -0.3 is 47.4 Å². The van der Waals surface area contributed by atoms with Crippen LogP contribution in [-0.2, 0) is 86.4 Å². The quantitative estimate of drug-likeness (QED) is 0.126. The van der Waals surface area contributed by atoms with E-state index >= 15 is 0 Å². The van der Waals surface area contributed by atoms with Crippen LogP contribution in [0.3, 0.4) is 0 Å². The maximum atomic E-state index is 12.5. The van der Waals surface area contributed by atoms with Gasteiger partial charge in [0.1, 0.15) is 36.5 Å². The lowest BCUT2D eigenvalue weighted by atomic mass is 9.98. The Hall–Kier alpha value is -4.35. The predicted molar refractivity (Wildman–Crippen MR) is 205 cm³/mol. The van der Waals surface area contributed by atoms with Crippen LogP contribution in [0.4, 0.5) is 0 Å². The Morgan fingerprint density at radius 2 is 0.982 bits per heavy atom. The number of methoxy groups -OCH3 is 1. The number of benzene rings is 3. The van der Waals surface area contributed by atoms with Crippen LogP contribution < -0.4 is 0 Å². The Balaban J connectivity index is 1.48. The molecule has 0 bridgehead atoms. The van der Waals surface area contributed by atoms with Gasteiger partial charge in [0, 0.05) is 40.6 Å². The first-order chi connectivity index (χ1) is 27.5. The second kappa shape index (κ2) is 22.0. The molecule has 57 heavy (non-hydrogen) atoms. The lowest BCUT2D eigenvalue weighted by Gasteiger charge is -2.47. The lowest BCUT2D eigenvalue weighted by Crippen LogP contribution is -2.63. The number of esters is 4. The first kappa shape index (κ1) is 43.8. The summed E-state index contributed by atoms with van der Waals surface area (Å²) in [6.45, 7) is 5.11. The van der Waals surface area contributed by atoms with E-state index in [9.17, 15) is 19.2 Å². The van der Waals surface area contributed by atoms with Gasteiger partial charge in [-0.2, -0.15) is 0 Å². The van der Waals surface area contributed by atoms with Crippen LogP contribution in [0.2, 0.25) is 0 Å². The molecule has 0 saturated carbocycles. The zero-order chi connectivity index (χ0) is 40.7. The van der Waals surface area contributed by atoms with Crippen molar-refractivity contribution >= 4 is 35.6 Å². The molecular weight excluding hydrogens is 761 g/mol. The third-order valence-corrected chi connectivity index (χ3v) is 10.3. The lowest BCUT2D eigenvalue weighted by molar-refractivity contribution is -0.313.